The van der Waals surface area contributed by atoms with Crippen molar-refractivity contribution in [2.24, 2.45) is 0 Å². The van der Waals surface area contributed by atoms with E-state index in [-0.39, 0.29) is 5.69 Å². The Bertz CT molecular complexity index is 879. The fourth-order valence-electron chi connectivity index (χ4n) is 2.79. The lowest BCUT2D eigenvalue weighted by atomic mass is 10.1. The second-order valence-electron chi connectivity index (χ2n) is 6.16. The fraction of sp³-hybridized carbons (Fsp3) is 0.250. The molecule has 3 rings (SSSR count). The summed E-state index contributed by atoms with van der Waals surface area (Å²) >= 11 is 3.43. The summed E-state index contributed by atoms with van der Waals surface area (Å²) in [7, 11) is 0. The molecule has 0 saturated heterocycles. The van der Waals surface area contributed by atoms with Crippen molar-refractivity contribution in [2.75, 3.05) is 13.1 Å². The van der Waals surface area contributed by atoms with Gasteiger partial charge in [0.1, 0.15) is 5.69 Å². The highest BCUT2D eigenvalue weighted by Crippen LogP contribution is 2.18. The van der Waals surface area contributed by atoms with Gasteiger partial charge in [-0.25, -0.2) is 4.79 Å². The fourth-order valence-corrected chi connectivity index (χ4v) is 3.05. The molecule has 2 aromatic heterocycles. The molecule has 0 saturated carbocycles. The number of aromatic carboxylic acids is 1. The van der Waals surface area contributed by atoms with Crippen molar-refractivity contribution >= 4 is 21.9 Å². The zero-order valence-corrected chi connectivity index (χ0v) is 16.4. The van der Waals surface area contributed by atoms with E-state index in [0.717, 1.165) is 36.0 Å². The molecule has 140 valence electrons. The van der Waals surface area contributed by atoms with Crippen LogP contribution in [0.5, 0.6) is 0 Å². The van der Waals surface area contributed by atoms with E-state index in [9.17, 15) is 9.90 Å². The predicted octanol–water partition coefficient (Wildman–Crippen LogP) is 3.63. The maximum Gasteiger partial charge on any atom is 0.354 e. The Labute approximate surface area is 166 Å². The molecular weight excluding hydrogens is 408 g/mol. The van der Waals surface area contributed by atoms with E-state index in [2.05, 4.69) is 43.5 Å². The van der Waals surface area contributed by atoms with Gasteiger partial charge in [-0.2, -0.15) is 5.10 Å². The molecule has 0 amide bonds. The normalized spacial score (nSPS) is 10.9. The van der Waals surface area contributed by atoms with Crippen molar-refractivity contribution < 1.29 is 9.90 Å². The molecule has 0 unspecified atom stereocenters. The van der Waals surface area contributed by atoms with Gasteiger partial charge in [0.25, 0.3) is 0 Å². The van der Waals surface area contributed by atoms with Gasteiger partial charge in [-0.1, -0.05) is 28.1 Å². The summed E-state index contributed by atoms with van der Waals surface area (Å²) in [5, 5.41) is 17.3. The highest BCUT2D eigenvalue weighted by atomic mass is 79.9. The third-order valence-electron chi connectivity index (χ3n) is 4.20. The van der Waals surface area contributed by atoms with Gasteiger partial charge in [0.15, 0.2) is 0 Å². The number of pyridine rings is 1. The van der Waals surface area contributed by atoms with Gasteiger partial charge in [0.05, 0.1) is 5.69 Å². The number of hydrogen-bond acceptors (Lipinski definition) is 4. The lowest BCUT2D eigenvalue weighted by molar-refractivity contribution is 0.0683. The number of aromatic nitrogens is 3. The molecule has 27 heavy (non-hydrogen) atoms. The number of carboxylic acid groups (broad SMARTS) is 1. The second-order valence-corrected chi connectivity index (χ2v) is 7.07. The molecule has 6 nitrogen and oxygen atoms in total. The van der Waals surface area contributed by atoms with Crippen molar-refractivity contribution in [3.63, 3.8) is 0 Å². The smallest absolute Gasteiger partial charge is 0.354 e. The second kappa shape index (κ2) is 9.43. The van der Waals surface area contributed by atoms with E-state index < -0.39 is 5.97 Å². The van der Waals surface area contributed by atoms with E-state index >= 15 is 0 Å². The Morgan fingerprint density at radius 2 is 1.85 bits per heavy atom. The molecule has 0 aliphatic heterocycles. The molecule has 0 aliphatic carbocycles. The largest absolute Gasteiger partial charge is 0.477 e. The Morgan fingerprint density at radius 3 is 2.56 bits per heavy atom. The summed E-state index contributed by atoms with van der Waals surface area (Å²) in [6, 6.07) is 13.6. The molecule has 0 fully saturated rings. The van der Waals surface area contributed by atoms with Crippen LogP contribution in [0.3, 0.4) is 0 Å². The van der Waals surface area contributed by atoms with E-state index in [4.69, 9.17) is 0 Å². The molecule has 2 heterocycles. The molecule has 0 radical (unpaired) electrons. The number of rotatable bonds is 9. The van der Waals surface area contributed by atoms with E-state index in [1.165, 1.54) is 5.56 Å². The van der Waals surface area contributed by atoms with Crippen molar-refractivity contribution in [3.8, 4) is 11.3 Å². The quantitative estimate of drug-likeness (QED) is 0.508. The summed E-state index contributed by atoms with van der Waals surface area (Å²) in [5.74, 6) is -0.967. The minimum Gasteiger partial charge on any atom is -0.477 e. The third-order valence-corrected chi connectivity index (χ3v) is 4.73. The van der Waals surface area contributed by atoms with Gasteiger partial charge in [-0.3, -0.25) is 9.67 Å². The standard InChI is InChI=1S/C20H21BrN4O2/c21-17-4-2-15(3-5-17)6-10-22-9-1-13-25-19(20(26)27)14-18(24-25)16-7-11-23-12-8-16/h2-5,7-8,11-12,14,22H,1,6,9-10,13H2,(H,26,27). The number of benzene rings is 1. The van der Waals surface area contributed by atoms with E-state index in [1.54, 1.807) is 23.1 Å². The molecule has 0 aliphatic rings. The van der Waals surface area contributed by atoms with Crippen LogP contribution >= 0.6 is 15.9 Å². The highest BCUT2D eigenvalue weighted by Gasteiger charge is 2.14. The Hall–Kier alpha value is -2.51. The zero-order chi connectivity index (χ0) is 19.1. The zero-order valence-electron chi connectivity index (χ0n) is 14.8. The lowest BCUT2D eigenvalue weighted by Crippen LogP contribution is -2.21. The van der Waals surface area contributed by atoms with Gasteiger partial charge in [0, 0.05) is 29.0 Å². The van der Waals surface area contributed by atoms with Crippen molar-refractivity contribution in [1.82, 2.24) is 20.1 Å². The van der Waals surface area contributed by atoms with Gasteiger partial charge >= 0.3 is 5.97 Å². The maximum atomic E-state index is 11.5. The van der Waals surface area contributed by atoms with Crippen LogP contribution in [0.4, 0.5) is 0 Å². The first-order chi connectivity index (χ1) is 13.1. The van der Waals surface area contributed by atoms with Crippen LogP contribution in [0.2, 0.25) is 0 Å². The molecule has 0 atom stereocenters. The molecule has 3 aromatic rings. The summed E-state index contributed by atoms with van der Waals surface area (Å²) in [6.07, 6.45) is 5.11. The maximum absolute atomic E-state index is 11.5. The first-order valence-corrected chi connectivity index (χ1v) is 9.59. The first-order valence-electron chi connectivity index (χ1n) is 8.80. The van der Waals surface area contributed by atoms with Gasteiger partial charge < -0.3 is 10.4 Å². The Balaban J connectivity index is 1.49. The number of carboxylic acids is 1. The number of hydrogen-bond donors (Lipinski definition) is 2. The molecule has 0 spiro atoms. The molecule has 0 bridgehead atoms. The predicted molar refractivity (Wildman–Crippen MR) is 108 cm³/mol. The lowest BCUT2D eigenvalue weighted by Gasteiger charge is -2.07. The van der Waals surface area contributed by atoms with Crippen LogP contribution in [-0.2, 0) is 13.0 Å². The van der Waals surface area contributed by atoms with Crippen molar-refractivity contribution in [1.29, 1.82) is 0 Å². The Kier molecular flexibility index (Phi) is 6.73. The SMILES string of the molecule is O=C(O)c1cc(-c2ccncc2)nn1CCCNCCc1ccc(Br)cc1. The Morgan fingerprint density at radius 1 is 1.11 bits per heavy atom. The minimum atomic E-state index is -0.967. The summed E-state index contributed by atoms with van der Waals surface area (Å²) in [5.41, 5.74) is 3.00. The summed E-state index contributed by atoms with van der Waals surface area (Å²) in [4.78, 5) is 15.5. The van der Waals surface area contributed by atoms with Crippen LogP contribution in [-0.4, -0.2) is 38.9 Å². The summed E-state index contributed by atoms with van der Waals surface area (Å²) < 4.78 is 2.65. The third kappa shape index (κ3) is 5.48. The number of halogens is 1. The average molecular weight is 429 g/mol. The average Bonchev–Trinajstić information content (AvgIpc) is 3.11. The van der Waals surface area contributed by atoms with Crippen LogP contribution in [0, 0.1) is 0 Å². The van der Waals surface area contributed by atoms with Crippen molar-refractivity contribution in [3.05, 3.63) is 70.6 Å². The first kappa shape index (κ1) is 19.3. The van der Waals surface area contributed by atoms with Crippen LogP contribution in [0.25, 0.3) is 11.3 Å². The monoisotopic (exact) mass is 428 g/mol. The van der Waals surface area contributed by atoms with Gasteiger partial charge in [-0.05, 0) is 61.8 Å². The minimum absolute atomic E-state index is 0.205. The molecule has 1 aromatic carbocycles. The van der Waals surface area contributed by atoms with E-state index in [1.807, 2.05) is 24.3 Å². The van der Waals surface area contributed by atoms with E-state index in [0.29, 0.717) is 12.2 Å². The topological polar surface area (TPSA) is 80.0 Å². The number of nitrogens with one attached hydrogen (secondary N) is 1. The molecule has 7 heteroatoms. The van der Waals surface area contributed by atoms with Crippen molar-refractivity contribution in [2.45, 2.75) is 19.4 Å². The number of nitrogens with zero attached hydrogens (tertiary/aromatic N) is 3. The molecular formula is C20H21BrN4O2. The van der Waals surface area contributed by atoms with Crippen LogP contribution in [0.15, 0.2) is 59.3 Å². The number of aryl methyl sites for hydroxylation is 1. The van der Waals surface area contributed by atoms with Crippen LogP contribution in [0.1, 0.15) is 22.5 Å². The highest BCUT2D eigenvalue weighted by molar-refractivity contribution is 9.10. The van der Waals surface area contributed by atoms with Gasteiger partial charge in [-0.15, -0.1) is 0 Å². The summed E-state index contributed by atoms with van der Waals surface area (Å²) in [6.45, 7) is 2.24. The van der Waals surface area contributed by atoms with Crippen LogP contribution < -0.4 is 5.32 Å². The molecule has 2 N–H and O–H groups in total. The van der Waals surface area contributed by atoms with Gasteiger partial charge in [0.2, 0.25) is 0 Å². The number of carbonyl (C=O) groups is 1.